The lowest BCUT2D eigenvalue weighted by Crippen LogP contribution is -2.26. The van der Waals surface area contributed by atoms with Crippen LogP contribution in [0, 0.1) is 6.92 Å². The van der Waals surface area contributed by atoms with Crippen molar-refractivity contribution in [3.8, 4) is 0 Å². The van der Waals surface area contributed by atoms with E-state index in [1.165, 1.54) is 12.7 Å². The lowest BCUT2D eigenvalue weighted by atomic mass is 10.1. The Kier molecular flexibility index (Phi) is 5.91. The van der Waals surface area contributed by atoms with Gasteiger partial charge in [0.15, 0.2) is 0 Å². The number of nitrogens with one attached hydrogen (secondary N) is 1. The Morgan fingerprint density at radius 3 is 2.50 bits per heavy atom. The zero-order chi connectivity index (χ0) is 13.4. The van der Waals surface area contributed by atoms with Crippen molar-refractivity contribution in [2.24, 2.45) is 0 Å². The van der Waals surface area contributed by atoms with E-state index in [1.54, 1.807) is 0 Å². The molecule has 4 heteroatoms. The average Bonchev–Trinajstić information content (AvgIpc) is 2.37. The second-order valence-electron chi connectivity index (χ2n) is 4.19. The molecule has 98 valence electrons. The van der Waals surface area contributed by atoms with Crippen molar-refractivity contribution in [1.29, 1.82) is 0 Å². The number of aryl methyl sites for hydroxylation is 1. The molecule has 0 aliphatic rings. The summed E-state index contributed by atoms with van der Waals surface area (Å²) in [5.74, 6) is -0.272. The van der Waals surface area contributed by atoms with Crippen LogP contribution in [0.25, 0.3) is 0 Å². The minimum absolute atomic E-state index is 0.0243. The maximum absolute atomic E-state index is 11.6. The lowest BCUT2D eigenvalue weighted by molar-refractivity contribution is -0.140. The number of ether oxygens (including phenoxy) is 1. The highest BCUT2D eigenvalue weighted by Gasteiger charge is 2.04. The first kappa shape index (κ1) is 14.2. The lowest BCUT2D eigenvalue weighted by Gasteiger charge is -2.05. The molecular weight excluding hydrogens is 230 g/mol. The predicted molar refractivity (Wildman–Crippen MR) is 69.1 cm³/mol. The van der Waals surface area contributed by atoms with Gasteiger partial charge in [0.05, 0.1) is 13.5 Å². The van der Waals surface area contributed by atoms with E-state index in [0.29, 0.717) is 25.8 Å². The molecule has 0 spiro atoms. The Balaban J connectivity index is 2.21. The molecule has 0 radical (unpaired) electrons. The number of carbonyl (C=O) groups excluding carboxylic acids is 2. The minimum Gasteiger partial charge on any atom is -0.469 e. The fourth-order valence-corrected chi connectivity index (χ4v) is 1.52. The fraction of sp³-hybridized carbons (Fsp3) is 0.429. The van der Waals surface area contributed by atoms with Crippen molar-refractivity contribution in [2.75, 3.05) is 13.7 Å². The number of carbonyl (C=O) groups is 2. The van der Waals surface area contributed by atoms with Gasteiger partial charge in [-0.3, -0.25) is 9.59 Å². The maximum Gasteiger partial charge on any atom is 0.305 e. The maximum atomic E-state index is 11.6. The third-order valence-electron chi connectivity index (χ3n) is 2.59. The van der Waals surface area contributed by atoms with Gasteiger partial charge < -0.3 is 10.1 Å². The van der Waals surface area contributed by atoms with Crippen molar-refractivity contribution in [2.45, 2.75) is 26.2 Å². The van der Waals surface area contributed by atoms with Crippen molar-refractivity contribution in [1.82, 2.24) is 5.32 Å². The smallest absolute Gasteiger partial charge is 0.305 e. The molecule has 0 bridgehead atoms. The largest absolute Gasteiger partial charge is 0.469 e. The number of methoxy groups -OCH3 is 1. The van der Waals surface area contributed by atoms with Gasteiger partial charge in [-0.05, 0) is 18.9 Å². The third kappa shape index (κ3) is 5.48. The Morgan fingerprint density at radius 1 is 1.22 bits per heavy atom. The van der Waals surface area contributed by atoms with E-state index in [2.05, 4.69) is 10.1 Å². The summed E-state index contributed by atoms with van der Waals surface area (Å²) in [6.45, 7) is 2.51. The fourth-order valence-electron chi connectivity index (χ4n) is 1.52. The van der Waals surface area contributed by atoms with Gasteiger partial charge in [-0.1, -0.05) is 29.8 Å². The highest BCUT2D eigenvalue weighted by atomic mass is 16.5. The van der Waals surface area contributed by atoms with Gasteiger partial charge in [-0.15, -0.1) is 0 Å². The van der Waals surface area contributed by atoms with Crippen LogP contribution in [0.4, 0.5) is 0 Å². The highest BCUT2D eigenvalue weighted by molar-refractivity contribution is 5.78. The van der Waals surface area contributed by atoms with Gasteiger partial charge in [-0.2, -0.15) is 0 Å². The third-order valence-corrected chi connectivity index (χ3v) is 2.59. The molecule has 0 aliphatic heterocycles. The number of rotatable bonds is 6. The van der Waals surface area contributed by atoms with Crippen LogP contribution in [-0.4, -0.2) is 25.5 Å². The van der Waals surface area contributed by atoms with E-state index in [4.69, 9.17) is 0 Å². The summed E-state index contributed by atoms with van der Waals surface area (Å²) < 4.78 is 4.51. The van der Waals surface area contributed by atoms with E-state index >= 15 is 0 Å². The first-order chi connectivity index (χ1) is 8.61. The molecule has 0 aliphatic carbocycles. The Morgan fingerprint density at radius 2 is 1.89 bits per heavy atom. The molecule has 4 nitrogen and oxygen atoms in total. The highest BCUT2D eigenvalue weighted by Crippen LogP contribution is 2.03. The predicted octanol–water partition coefficient (Wildman–Crippen LogP) is 1.61. The number of hydrogen-bond donors (Lipinski definition) is 1. The van der Waals surface area contributed by atoms with Crippen LogP contribution in [0.5, 0.6) is 0 Å². The number of benzene rings is 1. The van der Waals surface area contributed by atoms with Crippen LogP contribution in [0.2, 0.25) is 0 Å². The van der Waals surface area contributed by atoms with Gasteiger partial charge in [0, 0.05) is 13.0 Å². The Hall–Kier alpha value is -1.84. The van der Waals surface area contributed by atoms with Crippen LogP contribution in [0.1, 0.15) is 24.0 Å². The van der Waals surface area contributed by atoms with Gasteiger partial charge in [0.25, 0.3) is 0 Å². The monoisotopic (exact) mass is 249 g/mol. The molecule has 1 aromatic rings. The summed E-state index contributed by atoms with van der Waals surface area (Å²) in [6, 6.07) is 7.87. The molecule has 1 N–H and O–H groups in total. The zero-order valence-electron chi connectivity index (χ0n) is 10.9. The zero-order valence-corrected chi connectivity index (χ0v) is 10.9. The SMILES string of the molecule is COC(=O)CCCNC(=O)Cc1ccc(C)cc1. The number of amides is 1. The Labute approximate surface area is 107 Å². The summed E-state index contributed by atoms with van der Waals surface area (Å²) in [6.07, 6.45) is 1.31. The first-order valence-electron chi connectivity index (χ1n) is 6.01. The molecule has 0 aromatic heterocycles. The number of esters is 1. The summed E-state index contributed by atoms with van der Waals surface area (Å²) in [5.41, 5.74) is 2.17. The van der Waals surface area contributed by atoms with Crippen LogP contribution in [0.15, 0.2) is 24.3 Å². The van der Waals surface area contributed by atoms with Crippen LogP contribution in [0.3, 0.4) is 0 Å². The number of hydrogen-bond acceptors (Lipinski definition) is 3. The molecule has 0 saturated heterocycles. The summed E-state index contributed by atoms with van der Waals surface area (Å²) in [7, 11) is 1.36. The van der Waals surface area contributed by atoms with Crippen molar-refractivity contribution in [3.05, 3.63) is 35.4 Å². The van der Waals surface area contributed by atoms with E-state index in [1.807, 2.05) is 31.2 Å². The molecule has 0 atom stereocenters. The van der Waals surface area contributed by atoms with E-state index in [9.17, 15) is 9.59 Å². The quantitative estimate of drug-likeness (QED) is 0.615. The van der Waals surface area contributed by atoms with Crippen molar-refractivity contribution < 1.29 is 14.3 Å². The molecular formula is C14H19NO3. The van der Waals surface area contributed by atoms with Crippen LogP contribution < -0.4 is 5.32 Å². The molecule has 0 heterocycles. The minimum atomic E-state index is -0.247. The molecule has 1 amide bonds. The summed E-state index contributed by atoms with van der Waals surface area (Å²) in [5, 5.41) is 2.78. The average molecular weight is 249 g/mol. The van der Waals surface area contributed by atoms with Crippen molar-refractivity contribution in [3.63, 3.8) is 0 Å². The van der Waals surface area contributed by atoms with Crippen LogP contribution in [-0.2, 0) is 20.7 Å². The molecule has 0 unspecified atom stereocenters. The summed E-state index contributed by atoms with van der Waals surface area (Å²) >= 11 is 0. The van der Waals surface area contributed by atoms with E-state index in [-0.39, 0.29) is 11.9 Å². The van der Waals surface area contributed by atoms with E-state index in [0.717, 1.165) is 5.56 Å². The normalized spacial score (nSPS) is 9.89. The van der Waals surface area contributed by atoms with Gasteiger partial charge in [0.2, 0.25) is 5.91 Å². The topological polar surface area (TPSA) is 55.4 Å². The molecule has 0 fully saturated rings. The molecule has 1 rings (SSSR count). The summed E-state index contributed by atoms with van der Waals surface area (Å²) in [4.78, 5) is 22.4. The van der Waals surface area contributed by atoms with E-state index < -0.39 is 0 Å². The van der Waals surface area contributed by atoms with Gasteiger partial charge in [-0.25, -0.2) is 0 Å². The van der Waals surface area contributed by atoms with Crippen LogP contribution >= 0.6 is 0 Å². The van der Waals surface area contributed by atoms with Gasteiger partial charge in [0.1, 0.15) is 0 Å². The Bertz CT molecular complexity index is 398. The second-order valence-corrected chi connectivity index (χ2v) is 4.19. The standard InChI is InChI=1S/C14H19NO3/c1-11-5-7-12(8-6-11)10-13(16)15-9-3-4-14(17)18-2/h5-8H,3-4,9-10H2,1-2H3,(H,15,16). The molecule has 1 aromatic carbocycles. The second kappa shape index (κ2) is 7.48. The van der Waals surface area contributed by atoms with Crippen molar-refractivity contribution >= 4 is 11.9 Å². The van der Waals surface area contributed by atoms with Gasteiger partial charge >= 0.3 is 5.97 Å². The molecule has 18 heavy (non-hydrogen) atoms. The first-order valence-corrected chi connectivity index (χ1v) is 6.01. The molecule has 0 saturated carbocycles.